The van der Waals surface area contributed by atoms with Crippen molar-refractivity contribution in [2.45, 2.75) is 20.3 Å². The molecule has 2 heterocycles. The maximum Gasteiger partial charge on any atom is 0.229 e. The Morgan fingerprint density at radius 3 is 2.83 bits per heavy atom. The van der Waals surface area contributed by atoms with E-state index in [1.54, 1.807) is 7.05 Å². The SMILES string of the molecule is CC1=CN=C(C)C(C(/C=C/N2CCOCC2)=N/N(C)C=O)=CC1. The Hall–Kier alpha value is -2.21. The summed E-state index contributed by atoms with van der Waals surface area (Å²) < 4.78 is 5.35. The highest BCUT2D eigenvalue weighted by molar-refractivity contribution is 6.27. The fraction of sp³-hybridized carbons (Fsp3) is 0.471. The maximum absolute atomic E-state index is 10.9. The van der Waals surface area contributed by atoms with E-state index in [0.717, 1.165) is 49.7 Å². The third-order valence-corrected chi connectivity index (χ3v) is 3.68. The van der Waals surface area contributed by atoms with E-state index in [-0.39, 0.29) is 0 Å². The molecular weight excluding hydrogens is 292 g/mol. The third-order valence-electron chi connectivity index (χ3n) is 3.68. The Balaban J connectivity index is 2.25. The fourth-order valence-electron chi connectivity index (χ4n) is 2.30. The van der Waals surface area contributed by atoms with Gasteiger partial charge < -0.3 is 9.64 Å². The highest BCUT2D eigenvalue weighted by Gasteiger charge is 2.12. The molecule has 0 aromatic rings. The topological polar surface area (TPSA) is 57.5 Å². The molecule has 0 bridgehead atoms. The van der Waals surface area contributed by atoms with Crippen LogP contribution in [-0.4, -0.2) is 61.1 Å². The molecule has 0 aliphatic carbocycles. The van der Waals surface area contributed by atoms with Crippen LogP contribution in [0.2, 0.25) is 0 Å². The number of hydrazone groups is 1. The molecule has 0 saturated carbocycles. The molecule has 23 heavy (non-hydrogen) atoms. The van der Waals surface area contributed by atoms with E-state index in [9.17, 15) is 4.79 Å². The molecule has 2 aliphatic heterocycles. The number of carbonyl (C=O) groups excluding carboxylic acids is 1. The van der Waals surface area contributed by atoms with Crippen molar-refractivity contribution in [3.8, 4) is 0 Å². The van der Waals surface area contributed by atoms with E-state index in [2.05, 4.69) is 21.1 Å². The number of hydrogen-bond acceptors (Lipinski definition) is 5. The molecule has 0 radical (unpaired) electrons. The number of amides is 1. The van der Waals surface area contributed by atoms with Crippen molar-refractivity contribution in [1.29, 1.82) is 0 Å². The lowest BCUT2D eigenvalue weighted by Crippen LogP contribution is -2.32. The second-order valence-electron chi connectivity index (χ2n) is 5.64. The van der Waals surface area contributed by atoms with E-state index in [0.29, 0.717) is 6.41 Å². The Morgan fingerprint density at radius 1 is 1.39 bits per heavy atom. The Labute approximate surface area is 137 Å². The molecule has 6 heteroatoms. The summed E-state index contributed by atoms with van der Waals surface area (Å²) >= 11 is 0. The van der Waals surface area contributed by atoms with Gasteiger partial charge in [0, 0.05) is 43.8 Å². The molecule has 6 nitrogen and oxygen atoms in total. The third kappa shape index (κ3) is 5.17. The molecule has 0 aromatic carbocycles. The van der Waals surface area contributed by atoms with Gasteiger partial charge in [-0.2, -0.15) is 5.10 Å². The molecule has 124 valence electrons. The van der Waals surface area contributed by atoms with Gasteiger partial charge in [-0.05, 0) is 26.3 Å². The summed E-state index contributed by atoms with van der Waals surface area (Å²) in [4.78, 5) is 17.6. The van der Waals surface area contributed by atoms with Gasteiger partial charge in [-0.25, -0.2) is 5.01 Å². The van der Waals surface area contributed by atoms with Crippen molar-refractivity contribution in [2.24, 2.45) is 10.1 Å². The van der Waals surface area contributed by atoms with E-state index in [1.165, 1.54) is 10.6 Å². The van der Waals surface area contributed by atoms with E-state index in [4.69, 9.17) is 4.74 Å². The van der Waals surface area contributed by atoms with Crippen molar-refractivity contribution in [3.63, 3.8) is 0 Å². The predicted molar refractivity (Wildman–Crippen MR) is 92.4 cm³/mol. The van der Waals surface area contributed by atoms with Gasteiger partial charge in [0.2, 0.25) is 6.41 Å². The summed E-state index contributed by atoms with van der Waals surface area (Å²) in [6.07, 6.45) is 9.46. The quantitative estimate of drug-likeness (QED) is 0.443. The zero-order valence-corrected chi connectivity index (χ0v) is 14.0. The molecule has 1 amide bonds. The largest absolute Gasteiger partial charge is 0.378 e. The van der Waals surface area contributed by atoms with Crippen molar-refractivity contribution in [2.75, 3.05) is 33.4 Å². The van der Waals surface area contributed by atoms with Crippen LogP contribution in [-0.2, 0) is 9.53 Å². The van der Waals surface area contributed by atoms with Gasteiger partial charge in [0.1, 0.15) is 0 Å². The number of aliphatic imine (C=N–C) groups is 1. The lowest BCUT2D eigenvalue weighted by atomic mass is 10.0. The number of carbonyl (C=O) groups is 1. The summed E-state index contributed by atoms with van der Waals surface area (Å²) in [6, 6.07) is 0. The fourth-order valence-corrected chi connectivity index (χ4v) is 2.30. The van der Waals surface area contributed by atoms with Crippen LogP contribution in [0.15, 0.2) is 45.8 Å². The molecule has 2 aliphatic rings. The van der Waals surface area contributed by atoms with Crippen LogP contribution in [0.1, 0.15) is 20.3 Å². The minimum atomic E-state index is 0.690. The zero-order valence-electron chi connectivity index (χ0n) is 14.0. The highest BCUT2D eigenvalue weighted by Crippen LogP contribution is 2.15. The first-order valence-corrected chi connectivity index (χ1v) is 7.78. The lowest BCUT2D eigenvalue weighted by Gasteiger charge is -2.25. The molecule has 1 saturated heterocycles. The Morgan fingerprint density at radius 2 is 2.13 bits per heavy atom. The second-order valence-corrected chi connectivity index (χ2v) is 5.64. The molecular formula is C17H24N4O2. The summed E-state index contributed by atoms with van der Waals surface area (Å²) in [7, 11) is 1.63. The Bertz CT molecular complexity index is 581. The number of morpholine rings is 1. The van der Waals surface area contributed by atoms with E-state index in [1.807, 2.05) is 32.3 Å². The van der Waals surface area contributed by atoms with Crippen molar-refractivity contribution in [3.05, 3.63) is 35.7 Å². The van der Waals surface area contributed by atoms with Crippen LogP contribution in [0.3, 0.4) is 0 Å². The summed E-state index contributed by atoms with van der Waals surface area (Å²) in [5, 5.41) is 5.66. The molecule has 2 rings (SSSR count). The van der Waals surface area contributed by atoms with Crippen molar-refractivity contribution < 1.29 is 9.53 Å². The molecule has 0 aromatic heterocycles. The van der Waals surface area contributed by atoms with Gasteiger partial charge in [-0.3, -0.25) is 9.79 Å². The average molecular weight is 316 g/mol. The summed E-state index contributed by atoms with van der Waals surface area (Å²) in [5.41, 5.74) is 3.78. The predicted octanol–water partition coefficient (Wildman–Crippen LogP) is 1.97. The van der Waals surface area contributed by atoms with Crippen LogP contribution in [0.25, 0.3) is 0 Å². The van der Waals surface area contributed by atoms with Gasteiger partial charge in [0.05, 0.1) is 18.9 Å². The number of ether oxygens (including phenoxy) is 1. The first-order valence-electron chi connectivity index (χ1n) is 7.78. The molecule has 0 spiro atoms. The Kier molecular flexibility index (Phi) is 6.29. The zero-order chi connectivity index (χ0) is 16.7. The van der Waals surface area contributed by atoms with Crippen LogP contribution in [0.4, 0.5) is 0 Å². The van der Waals surface area contributed by atoms with Gasteiger partial charge in [-0.15, -0.1) is 0 Å². The minimum absolute atomic E-state index is 0.690. The lowest BCUT2D eigenvalue weighted by molar-refractivity contribution is -0.117. The normalized spacial score (nSPS) is 19.9. The van der Waals surface area contributed by atoms with Crippen LogP contribution < -0.4 is 0 Å². The van der Waals surface area contributed by atoms with Gasteiger partial charge in [-0.1, -0.05) is 11.6 Å². The first kappa shape index (κ1) is 17.1. The first-order chi connectivity index (χ1) is 11.1. The molecule has 0 unspecified atom stereocenters. The van der Waals surface area contributed by atoms with Gasteiger partial charge in [0.25, 0.3) is 0 Å². The second kappa shape index (κ2) is 8.43. The van der Waals surface area contributed by atoms with E-state index >= 15 is 0 Å². The minimum Gasteiger partial charge on any atom is -0.378 e. The van der Waals surface area contributed by atoms with Gasteiger partial charge in [0.15, 0.2) is 0 Å². The van der Waals surface area contributed by atoms with Crippen molar-refractivity contribution >= 4 is 17.8 Å². The molecule has 1 fully saturated rings. The maximum atomic E-state index is 10.9. The average Bonchev–Trinajstić information content (AvgIpc) is 2.74. The smallest absolute Gasteiger partial charge is 0.229 e. The van der Waals surface area contributed by atoms with Gasteiger partial charge >= 0.3 is 0 Å². The van der Waals surface area contributed by atoms with E-state index < -0.39 is 0 Å². The van der Waals surface area contributed by atoms with Crippen LogP contribution in [0, 0.1) is 0 Å². The summed E-state index contributed by atoms with van der Waals surface area (Å²) in [6.45, 7) is 7.20. The number of hydrogen-bond donors (Lipinski definition) is 0. The number of rotatable bonds is 5. The molecule has 0 atom stereocenters. The highest BCUT2D eigenvalue weighted by atomic mass is 16.5. The van der Waals surface area contributed by atoms with Crippen LogP contribution >= 0.6 is 0 Å². The monoisotopic (exact) mass is 316 g/mol. The summed E-state index contributed by atoms with van der Waals surface area (Å²) in [5.74, 6) is 0. The van der Waals surface area contributed by atoms with Crippen molar-refractivity contribution in [1.82, 2.24) is 9.91 Å². The molecule has 0 N–H and O–H groups in total. The number of allylic oxidation sites excluding steroid dienone is 4. The standard InChI is InChI=1S/C17H24N4O2/c1-14-4-5-16(15(2)18-12-14)17(19-20(3)13-22)6-7-21-8-10-23-11-9-21/h5-7,12-13H,4,8-11H2,1-3H3/b7-6+,19-17+. The van der Waals surface area contributed by atoms with Crippen LogP contribution in [0.5, 0.6) is 0 Å². The number of nitrogens with zero attached hydrogens (tertiary/aromatic N) is 4.